The zero-order valence-corrected chi connectivity index (χ0v) is 16.2. The van der Waals surface area contributed by atoms with E-state index in [4.69, 9.17) is 0 Å². The number of likely N-dealkylation sites (tertiary alicyclic amines) is 1. The molecule has 0 spiro atoms. The number of nitrogens with one attached hydrogen (secondary N) is 1. The van der Waals surface area contributed by atoms with Crippen LogP contribution in [0, 0.1) is 6.92 Å². The third-order valence-electron chi connectivity index (χ3n) is 4.83. The summed E-state index contributed by atoms with van der Waals surface area (Å²) in [6, 6.07) is 11.3. The van der Waals surface area contributed by atoms with E-state index in [-0.39, 0.29) is 12.5 Å². The van der Waals surface area contributed by atoms with Crippen molar-refractivity contribution in [2.24, 2.45) is 0 Å². The van der Waals surface area contributed by atoms with Crippen molar-refractivity contribution in [1.82, 2.24) is 14.9 Å². The highest BCUT2D eigenvalue weighted by Gasteiger charge is 2.33. The summed E-state index contributed by atoms with van der Waals surface area (Å²) in [5, 5.41) is 13.2. The maximum absolute atomic E-state index is 12.5. The molecule has 0 aliphatic carbocycles. The van der Waals surface area contributed by atoms with E-state index in [0.29, 0.717) is 31.0 Å². The van der Waals surface area contributed by atoms with Crippen LogP contribution in [-0.4, -0.2) is 51.0 Å². The minimum absolute atomic E-state index is 0.00580. The predicted molar refractivity (Wildman–Crippen MR) is 108 cm³/mol. The Kier molecular flexibility index (Phi) is 4.95. The second kappa shape index (κ2) is 7.55. The third-order valence-corrected chi connectivity index (χ3v) is 5.91. The molecule has 8 heteroatoms. The molecule has 2 aromatic heterocycles. The number of aliphatic carboxylic acids is 1. The minimum Gasteiger partial charge on any atom is -0.480 e. The van der Waals surface area contributed by atoms with E-state index in [0.717, 1.165) is 20.7 Å². The molecule has 0 bridgehead atoms. The van der Waals surface area contributed by atoms with Gasteiger partial charge in [-0.05, 0) is 31.4 Å². The number of carboxylic acid groups (broad SMARTS) is 1. The SMILES string of the molecule is Cc1nc(NCC(=O)N2CCC[C@@H]2C(=O)O)c2cc(-c3ccccc3)sc2n1. The van der Waals surface area contributed by atoms with Gasteiger partial charge in [-0.1, -0.05) is 30.3 Å². The Morgan fingerprint density at radius 1 is 1.29 bits per heavy atom. The van der Waals surface area contributed by atoms with Crippen LogP contribution in [0.1, 0.15) is 18.7 Å². The number of carbonyl (C=O) groups excluding carboxylic acids is 1. The number of amides is 1. The summed E-state index contributed by atoms with van der Waals surface area (Å²) < 4.78 is 0. The van der Waals surface area contributed by atoms with E-state index >= 15 is 0 Å². The quantitative estimate of drug-likeness (QED) is 0.688. The highest BCUT2D eigenvalue weighted by molar-refractivity contribution is 7.21. The molecule has 3 heterocycles. The molecule has 4 rings (SSSR count). The van der Waals surface area contributed by atoms with Gasteiger partial charge in [-0.15, -0.1) is 11.3 Å². The van der Waals surface area contributed by atoms with Crippen molar-refractivity contribution in [3.05, 3.63) is 42.2 Å². The molecule has 1 fully saturated rings. The molecule has 1 amide bonds. The zero-order valence-electron chi connectivity index (χ0n) is 15.4. The fourth-order valence-corrected chi connectivity index (χ4v) is 4.57. The summed E-state index contributed by atoms with van der Waals surface area (Å²) in [7, 11) is 0. The highest BCUT2D eigenvalue weighted by Crippen LogP contribution is 2.35. The second-order valence-corrected chi connectivity index (χ2v) is 7.78. The Bertz CT molecular complexity index is 1030. The maximum atomic E-state index is 12.5. The molecule has 1 aliphatic heterocycles. The van der Waals surface area contributed by atoms with Crippen LogP contribution in [-0.2, 0) is 9.59 Å². The number of carbonyl (C=O) groups is 2. The summed E-state index contributed by atoms with van der Waals surface area (Å²) in [6.07, 6.45) is 1.22. The van der Waals surface area contributed by atoms with Crippen molar-refractivity contribution >= 4 is 39.2 Å². The normalized spacial score (nSPS) is 16.5. The Labute approximate surface area is 166 Å². The molecule has 7 nitrogen and oxygen atoms in total. The zero-order chi connectivity index (χ0) is 19.7. The predicted octanol–water partition coefficient (Wildman–Crippen LogP) is 3.15. The number of aryl methyl sites for hydroxylation is 1. The van der Waals surface area contributed by atoms with Crippen LogP contribution < -0.4 is 5.32 Å². The molecule has 0 unspecified atom stereocenters. The number of hydrogen-bond donors (Lipinski definition) is 2. The van der Waals surface area contributed by atoms with Gasteiger partial charge >= 0.3 is 5.97 Å². The molecule has 0 radical (unpaired) electrons. The Balaban J connectivity index is 1.57. The second-order valence-electron chi connectivity index (χ2n) is 6.75. The van der Waals surface area contributed by atoms with E-state index in [1.165, 1.54) is 4.90 Å². The average molecular weight is 396 g/mol. The Morgan fingerprint density at radius 3 is 2.82 bits per heavy atom. The van der Waals surface area contributed by atoms with Crippen molar-refractivity contribution < 1.29 is 14.7 Å². The molecule has 1 aromatic carbocycles. The first kappa shape index (κ1) is 18.4. The molecule has 144 valence electrons. The van der Waals surface area contributed by atoms with Gasteiger partial charge in [0.2, 0.25) is 5.91 Å². The first-order chi connectivity index (χ1) is 13.5. The van der Waals surface area contributed by atoms with E-state index in [1.54, 1.807) is 11.3 Å². The van der Waals surface area contributed by atoms with Gasteiger partial charge in [0.15, 0.2) is 0 Å². The van der Waals surface area contributed by atoms with Gasteiger partial charge in [0.1, 0.15) is 22.5 Å². The smallest absolute Gasteiger partial charge is 0.326 e. The number of benzene rings is 1. The topological polar surface area (TPSA) is 95.4 Å². The van der Waals surface area contributed by atoms with E-state index in [2.05, 4.69) is 15.3 Å². The van der Waals surface area contributed by atoms with Gasteiger partial charge in [0, 0.05) is 11.4 Å². The van der Waals surface area contributed by atoms with Crippen LogP contribution in [0.2, 0.25) is 0 Å². The number of carboxylic acids is 1. The number of anilines is 1. The van der Waals surface area contributed by atoms with Gasteiger partial charge in [-0.3, -0.25) is 4.79 Å². The van der Waals surface area contributed by atoms with Gasteiger partial charge < -0.3 is 15.3 Å². The Hall–Kier alpha value is -3.00. The number of rotatable bonds is 5. The number of hydrogen-bond acceptors (Lipinski definition) is 6. The molecule has 1 saturated heterocycles. The highest BCUT2D eigenvalue weighted by atomic mass is 32.1. The number of fused-ring (bicyclic) bond motifs is 1. The van der Waals surface area contributed by atoms with Crippen LogP contribution in [0.3, 0.4) is 0 Å². The van der Waals surface area contributed by atoms with Crippen LogP contribution >= 0.6 is 11.3 Å². The molecular formula is C20H20N4O3S. The van der Waals surface area contributed by atoms with Crippen molar-refractivity contribution in [3.63, 3.8) is 0 Å². The van der Waals surface area contributed by atoms with Crippen LogP contribution in [0.25, 0.3) is 20.7 Å². The number of thiophene rings is 1. The van der Waals surface area contributed by atoms with Gasteiger partial charge in [-0.25, -0.2) is 14.8 Å². The lowest BCUT2D eigenvalue weighted by molar-refractivity contribution is -0.147. The average Bonchev–Trinajstić information content (AvgIpc) is 3.33. The van der Waals surface area contributed by atoms with Crippen molar-refractivity contribution in [1.29, 1.82) is 0 Å². The lowest BCUT2D eigenvalue weighted by atomic mass is 10.2. The lowest BCUT2D eigenvalue weighted by Gasteiger charge is -2.21. The summed E-state index contributed by atoms with van der Waals surface area (Å²) in [5.41, 5.74) is 1.10. The fraction of sp³-hybridized carbons (Fsp3) is 0.300. The third kappa shape index (κ3) is 3.55. The molecule has 3 aromatic rings. The van der Waals surface area contributed by atoms with Crippen LogP contribution in [0.4, 0.5) is 5.82 Å². The van der Waals surface area contributed by atoms with Gasteiger partial charge in [0.05, 0.1) is 11.9 Å². The first-order valence-corrected chi connectivity index (χ1v) is 9.94. The molecular weight excluding hydrogens is 376 g/mol. The van der Waals surface area contributed by atoms with Crippen LogP contribution in [0.15, 0.2) is 36.4 Å². The van der Waals surface area contributed by atoms with Crippen molar-refractivity contribution in [2.75, 3.05) is 18.4 Å². The van der Waals surface area contributed by atoms with Crippen LogP contribution in [0.5, 0.6) is 0 Å². The lowest BCUT2D eigenvalue weighted by Crippen LogP contribution is -2.43. The van der Waals surface area contributed by atoms with E-state index in [1.807, 2.05) is 43.3 Å². The van der Waals surface area contributed by atoms with Crippen molar-refractivity contribution in [3.8, 4) is 10.4 Å². The Morgan fingerprint density at radius 2 is 2.07 bits per heavy atom. The molecule has 28 heavy (non-hydrogen) atoms. The molecule has 1 atom stereocenters. The summed E-state index contributed by atoms with van der Waals surface area (Å²) in [5.74, 6) is 0.0399. The first-order valence-electron chi connectivity index (χ1n) is 9.12. The maximum Gasteiger partial charge on any atom is 0.326 e. The monoisotopic (exact) mass is 396 g/mol. The molecule has 2 N–H and O–H groups in total. The molecule has 1 aliphatic rings. The standard InChI is InChI=1S/C20H20N4O3S/c1-12-22-18(21-11-17(25)24-9-5-8-15(24)20(26)27)14-10-16(28-19(14)23-12)13-6-3-2-4-7-13/h2-4,6-7,10,15H,5,8-9,11H2,1H3,(H,26,27)(H,21,22,23)/t15-/m1/s1. The van der Waals surface area contributed by atoms with Gasteiger partial charge in [0.25, 0.3) is 0 Å². The van der Waals surface area contributed by atoms with E-state index < -0.39 is 12.0 Å². The fourth-order valence-electron chi connectivity index (χ4n) is 3.49. The van der Waals surface area contributed by atoms with Crippen molar-refractivity contribution in [2.45, 2.75) is 25.8 Å². The van der Waals surface area contributed by atoms with Gasteiger partial charge in [-0.2, -0.15) is 0 Å². The summed E-state index contributed by atoms with van der Waals surface area (Å²) >= 11 is 1.58. The largest absolute Gasteiger partial charge is 0.480 e. The number of aromatic nitrogens is 2. The van der Waals surface area contributed by atoms with E-state index in [9.17, 15) is 14.7 Å². The molecule has 0 saturated carbocycles. The summed E-state index contributed by atoms with van der Waals surface area (Å²) in [4.78, 5) is 36.2. The number of nitrogens with zero attached hydrogens (tertiary/aromatic N) is 3. The minimum atomic E-state index is -0.948. The summed E-state index contributed by atoms with van der Waals surface area (Å²) in [6.45, 7) is 2.30.